The summed E-state index contributed by atoms with van der Waals surface area (Å²) >= 11 is 1.51. The predicted octanol–water partition coefficient (Wildman–Crippen LogP) is 1.39. The monoisotopic (exact) mass is 247 g/mol. The highest BCUT2D eigenvalue weighted by molar-refractivity contribution is 7.18. The second-order valence-corrected chi connectivity index (χ2v) is 4.92. The Morgan fingerprint density at radius 3 is 2.82 bits per heavy atom. The molecule has 0 aliphatic heterocycles. The zero-order valence-electron chi connectivity index (χ0n) is 9.24. The summed E-state index contributed by atoms with van der Waals surface area (Å²) in [5.74, 6) is 0.883. The van der Waals surface area contributed by atoms with Gasteiger partial charge in [-0.25, -0.2) is 9.97 Å². The number of hydrogen-bond donors (Lipinski definition) is 2. The third-order valence-corrected chi connectivity index (χ3v) is 3.78. The zero-order chi connectivity index (χ0) is 12.0. The average molecular weight is 247 g/mol. The zero-order valence-corrected chi connectivity index (χ0v) is 10.1. The standard InChI is InChI=1S/C10H9N5OS/c1-4-5(2)17-10-6(4)9(16)13-8(14-10)7-11-3-12-15-7/h3H,1-2H3,(H,11,12,15)(H,13,14,16). The first-order chi connectivity index (χ1) is 8.16. The number of nitrogens with zero attached hydrogens (tertiary/aromatic N) is 3. The van der Waals surface area contributed by atoms with Gasteiger partial charge in [-0.15, -0.1) is 11.3 Å². The lowest BCUT2D eigenvalue weighted by Crippen LogP contribution is -2.09. The van der Waals surface area contributed by atoms with Crippen LogP contribution in [0.1, 0.15) is 10.4 Å². The summed E-state index contributed by atoms with van der Waals surface area (Å²) in [5.41, 5.74) is 0.853. The predicted molar refractivity (Wildman–Crippen MR) is 65.1 cm³/mol. The number of hydrogen-bond acceptors (Lipinski definition) is 5. The van der Waals surface area contributed by atoms with Gasteiger partial charge >= 0.3 is 0 Å². The first-order valence-corrected chi connectivity index (χ1v) is 5.84. The molecule has 3 rings (SSSR count). The second kappa shape index (κ2) is 3.49. The fourth-order valence-electron chi connectivity index (χ4n) is 1.69. The van der Waals surface area contributed by atoms with Crippen LogP contribution in [0.25, 0.3) is 21.9 Å². The van der Waals surface area contributed by atoms with Crippen LogP contribution in [0.2, 0.25) is 0 Å². The summed E-state index contributed by atoms with van der Waals surface area (Å²) in [6.07, 6.45) is 1.38. The summed E-state index contributed by atoms with van der Waals surface area (Å²) in [7, 11) is 0. The molecule has 0 amide bonds. The van der Waals surface area contributed by atoms with Gasteiger partial charge in [-0.3, -0.25) is 9.89 Å². The van der Waals surface area contributed by atoms with Gasteiger partial charge in [-0.05, 0) is 19.4 Å². The van der Waals surface area contributed by atoms with E-state index in [1.165, 1.54) is 17.7 Å². The summed E-state index contributed by atoms with van der Waals surface area (Å²) in [5, 5.41) is 7.08. The molecule has 0 unspecified atom stereocenters. The van der Waals surface area contributed by atoms with Crippen LogP contribution < -0.4 is 5.56 Å². The van der Waals surface area contributed by atoms with E-state index in [1.54, 1.807) is 0 Å². The SMILES string of the molecule is Cc1sc2nc(-c3ncn[nH]3)[nH]c(=O)c2c1C. The van der Waals surface area contributed by atoms with Crippen molar-refractivity contribution in [2.45, 2.75) is 13.8 Å². The molecule has 0 spiro atoms. The molecule has 0 bridgehead atoms. The van der Waals surface area contributed by atoms with Crippen molar-refractivity contribution in [2.75, 3.05) is 0 Å². The van der Waals surface area contributed by atoms with E-state index < -0.39 is 0 Å². The number of H-pyrrole nitrogens is 2. The minimum Gasteiger partial charge on any atom is -0.303 e. The van der Waals surface area contributed by atoms with Crippen LogP contribution in [-0.4, -0.2) is 25.1 Å². The first-order valence-electron chi connectivity index (χ1n) is 5.02. The van der Waals surface area contributed by atoms with Crippen molar-refractivity contribution in [3.63, 3.8) is 0 Å². The van der Waals surface area contributed by atoms with E-state index in [0.29, 0.717) is 17.0 Å². The number of thiophene rings is 1. The topological polar surface area (TPSA) is 87.3 Å². The van der Waals surface area contributed by atoms with Gasteiger partial charge in [0.2, 0.25) is 0 Å². The maximum atomic E-state index is 12.0. The van der Waals surface area contributed by atoms with Gasteiger partial charge in [0.05, 0.1) is 5.39 Å². The minimum absolute atomic E-state index is 0.136. The number of fused-ring (bicyclic) bond motifs is 1. The van der Waals surface area contributed by atoms with E-state index in [1.807, 2.05) is 13.8 Å². The molecule has 0 saturated carbocycles. The van der Waals surface area contributed by atoms with Crippen molar-refractivity contribution in [2.24, 2.45) is 0 Å². The smallest absolute Gasteiger partial charge is 0.260 e. The highest BCUT2D eigenvalue weighted by atomic mass is 32.1. The average Bonchev–Trinajstić information content (AvgIpc) is 2.88. The molecule has 6 nitrogen and oxygen atoms in total. The normalized spacial score (nSPS) is 11.2. The molecule has 2 N–H and O–H groups in total. The molecule has 0 radical (unpaired) electrons. The van der Waals surface area contributed by atoms with E-state index in [9.17, 15) is 4.79 Å². The quantitative estimate of drug-likeness (QED) is 0.680. The Kier molecular flexibility index (Phi) is 2.08. The maximum Gasteiger partial charge on any atom is 0.260 e. The molecule has 7 heteroatoms. The van der Waals surface area contributed by atoms with Crippen LogP contribution in [0, 0.1) is 13.8 Å². The van der Waals surface area contributed by atoms with Crippen LogP contribution in [-0.2, 0) is 0 Å². The first kappa shape index (κ1) is 10.2. The highest BCUT2D eigenvalue weighted by Crippen LogP contribution is 2.26. The minimum atomic E-state index is -0.136. The van der Waals surface area contributed by atoms with E-state index >= 15 is 0 Å². The molecule has 3 aromatic rings. The number of nitrogens with one attached hydrogen (secondary N) is 2. The van der Waals surface area contributed by atoms with Crippen molar-refractivity contribution in [1.82, 2.24) is 25.1 Å². The van der Waals surface area contributed by atoms with Crippen LogP contribution in [0.15, 0.2) is 11.1 Å². The lowest BCUT2D eigenvalue weighted by Gasteiger charge is -1.96. The Balaban J connectivity index is 2.36. The van der Waals surface area contributed by atoms with Crippen molar-refractivity contribution < 1.29 is 0 Å². The number of rotatable bonds is 1. The summed E-state index contributed by atoms with van der Waals surface area (Å²) in [6, 6.07) is 0. The molecule has 0 saturated heterocycles. The third kappa shape index (κ3) is 1.47. The molecular formula is C10H9N5OS. The van der Waals surface area contributed by atoms with E-state index in [0.717, 1.165) is 15.3 Å². The van der Waals surface area contributed by atoms with Crippen molar-refractivity contribution in [1.29, 1.82) is 0 Å². The highest BCUT2D eigenvalue weighted by Gasteiger charge is 2.13. The van der Waals surface area contributed by atoms with Crippen LogP contribution >= 0.6 is 11.3 Å². The van der Waals surface area contributed by atoms with Crippen LogP contribution in [0.5, 0.6) is 0 Å². The molecule has 0 aliphatic carbocycles. The number of aryl methyl sites for hydroxylation is 2. The summed E-state index contributed by atoms with van der Waals surface area (Å²) < 4.78 is 0. The molecule has 3 heterocycles. The molecule has 86 valence electrons. The van der Waals surface area contributed by atoms with E-state index in [-0.39, 0.29) is 5.56 Å². The Morgan fingerprint density at radius 2 is 2.12 bits per heavy atom. The molecule has 0 fully saturated rings. The van der Waals surface area contributed by atoms with Gasteiger partial charge < -0.3 is 4.98 Å². The van der Waals surface area contributed by atoms with Gasteiger partial charge in [0, 0.05) is 4.88 Å². The number of aromatic amines is 2. The van der Waals surface area contributed by atoms with E-state index in [2.05, 4.69) is 25.1 Å². The lowest BCUT2D eigenvalue weighted by molar-refractivity contribution is 1.06. The lowest BCUT2D eigenvalue weighted by atomic mass is 10.2. The van der Waals surface area contributed by atoms with Gasteiger partial charge in [0.25, 0.3) is 5.56 Å². The fraction of sp³-hybridized carbons (Fsp3) is 0.200. The molecule has 0 aromatic carbocycles. The Bertz CT molecular complexity index is 740. The van der Waals surface area contributed by atoms with Crippen molar-refractivity contribution in [3.8, 4) is 11.6 Å². The largest absolute Gasteiger partial charge is 0.303 e. The van der Waals surface area contributed by atoms with Gasteiger partial charge in [0.1, 0.15) is 11.2 Å². The van der Waals surface area contributed by atoms with Gasteiger partial charge in [0.15, 0.2) is 11.6 Å². The fourth-order valence-corrected chi connectivity index (χ4v) is 2.72. The van der Waals surface area contributed by atoms with Gasteiger partial charge in [-0.2, -0.15) is 5.10 Å². The molecule has 17 heavy (non-hydrogen) atoms. The van der Waals surface area contributed by atoms with Gasteiger partial charge in [-0.1, -0.05) is 0 Å². The Labute approximate surface area is 99.8 Å². The van der Waals surface area contributed by atoms with Crippen molar-refractivity contribution >= 4 is 21.6 Å². The molecule has 0 atom stereocenters. The third-order valence-electron chi connectivity index (χ3n) is 2.68. The molecule has 3 aromatic heterocycles. The Morgan fingerprint density at radius 1 is 1.29 bits per heavy atom. The maximum absolute atomic E-state index is 12.0. The van der Waals surface area contributed by atoms with E-state index in [4.69, 9.17) is 0 Å². The molecular weight excluding hydrogens is 238 g/mol. The number of aromatic nitrogens is 5. The summed E-state index contributed by atoms with van der Waals surface area (Å²) in [6.45, 7) is 3.91. The van der Waals surface area contributed by atoms with Crippen LogP contribution in [0.3, 0.4) is 0 Å². The second-order valence-electron chi connectivity index (χ2n) is 3.71. The summed E-state index contributed by atoms with van der Waals surface area (Å²) in [4.78, 5) is 24.9. The Hall–Kier alpha value is -2.02. The van der Waals surface area contributed by atoms with Crippen LogP contribution in [0.4, 0.5) is 0 Å². The molecule has 0 aliphatic rings. The van der Waals surface area contributed by atoms with Crippen molar-refractivity contribution in [3.05, 3.63) is 27.1 Å².